The van der Waals surface area contributed by atoms with E-state index in [0.29, 0.717) is 6.04 Å². The molecular weight excluding hydrogens is 218 g/mol. The summed E-state index contributed by atoms with van der Waals surface area (Å²) in [7, 11) is 0. The van der Waals surface area contributed by atoms with E-state index in [-0.39, 0.29) is 0 Å². The highest BCUT2D eigenvalue weighted by Gasteiger charge is 2.15. The average molecular weight is 239 g/mol. The molecule has 0 bridgehead atoms. The maximum absolute atomic E-state index is 5.33. The van der Waals surface area contributed by atoms with Crippen LogP contribution in [0.2, 0.25) is 0 Å². The molecule has 2 unspecified atom stereocenters. The highest BCUT2D eigenvalue weighted by molar-refractivity contribution is 7.99. The third-order valence-electron chi connectivity index (χ3n) is 3.18. The van der Waals surface area contributed by atoms with Crippen LogP contribution in [0.4, 0.5) is 0 Å². The molecule has 0 aliphatic carbocycles. The first-order valence-electron chi connectivity index (χ1n) is 6.18. The predicted molar refractivity (Wildman–Crippen MR) is 69.9 cm³/mol. The van der Waals surface area contributed by atoms with Gasteiger partial charge in [-0.05, 0) is 55.9 Å². The fourth-order valence-electron chi connectivity index (χ4n) is 2.03. The van der Waals surface area contributed by atoms with E-state index in [1.165, 1.54) is 24.5 Å². The molecule has 0 amide bonds. The van der Waals surface area contributed by atoms with Gasteiger partial charge in [0.15, 0.2) is 0 Å². The first kappa shape index (κ1) is 12.1. The lowest BCUT2D eigenvalue weighted by Gasteiger charge is -2.16. The second-order valence-electron chi connectivity index (χ2n) is 4.66. The number of hydrogen-bond donors (Lipinski definition) is 1. The molecule has 1 aromatic rings. The Hall–Kier alpha value is -0.410. The van der Waals surface area contributed by atoms with Crippen molar-refractivity contribution in [1.82, 2.24) is 5.32 Å². The minimum Gasteiger partial charge on any atom is -0.469 e. The molecule has 0 aromatic carbocycles. The lowest BCUT2D eigenvalue weighted by molar-refractivity contribution is 0.430. The number of thioether (sulfide) groups is 1. The van der Waals surface area contributed by atoms with Crippen LogP contribution in [0, 0.1) is 5.92 Å². The van der Waals surface area contributed by atoms with Gasteiger partial charge in [-0.1, -0.05) is 0 Å². The summed E-state index contributed by atoms with van der Waals surface area (Å²) in [5.74, 6) is 4.70. The Morgan fingerprint density at radius 2 is 2.56 bits per heavy atom. The molecule has 0 saturated carbocycles. The fraction of sp³-hybridized carbons (Fsp3) is 0.692. The summed E-state index contributed by atoms with van der Waals surface area (Å²) in [4.78, 5) is 0. The quantitative estimate of drug-likeness (QED) is 0.826. The molecule has 1 aromatic heterocycles. The van der Waals surface area contributed by atoms with Crippen molar-refractivity contribution in [2.45, 2.75) is 32.2 Å². The number of nitrogens with one attached hydrogen (secondary N) is 1. The SMILES string of the molecule is CC(CCc1ccco1)NCC1CCSC1. The third-order valence-corrected chi connectivity index (χ3v) is 4.41. The molecule has 1 saturated heterocycles. The van der Waals surface area contributed by atoms with E-state index in [1.807, 2.05) is 6.07 Å². The minimum absolute atomic E-state index is 0.593. The minimum atomic E-state index is 0.593. The molecule has 1 aliphatic rings. The van der Waals surface area contributed by atoms with Gasteiger partial charge < -0.3 is 9.73 Å². The maximum atomic E-state index is 5.33. The first-order chi connectivity index (χ1) is 7.84. The highest BCUT2D eigenvalue weighted by atomic mass is 32.2. The second kappa shape index (κ2) is 6.36. The lowest BCUT2D eigenvalue weighted by Crippen LogP contribution is -2.31. The van der Waals surface area contributed by atoms with Gasteiger partial charge >= 0.3 is 0 Å². The first-order valence-corrected chi connectivity index (χ1v) is 7.33. The van der Waals surface area contributed by atoms with Gasteiger partial charge in [0.2, 0.25) is 0 Å². The van der Waals surface area contributed by atoms with Crippen molar-refractivity contribution in [3.05, 3.63) is 24.2 Å². The Morgan fingerprint density at radius 3 is 3.25 bits per heavy atom. The standard InChI is InChI=1S/C13H21NOS/c1-11(4-5-13-3-2-7-15-13)14-9-12-6-8-16-10-12/h2-3,7,11-12,14H,4-6,8-10H2,1H3. The summed E-state index contributed by atoms with van der Waals surface area (Å²) in [6.07, 6.45) is 5.35. The summed E-state index contributed by atoms with van der Waals surface area (Å²) in [5, 5.41) is 3.63. The molecule has 1 fully saturated rings. The molecule has 2 nitrogen and oxygen atoms in total. The number of aryl methyl sites for hydroxylation is 1. The Labute approximate surface area is 102 Å². The van der Waals surface area contributed by atoms with Crippen LogP contribution in [0.5, 0.6) is 0 Å². The van der Waals surface area contributed by atoms with Crippen LogP contribution in [-0.2, 0) is 6.42 Å². The summed E-state index contributed by atoms with van der Waals surface area (Å²) < 4.78 is 5.33. The van der Waals surface area contributed by atoms with Gasteiger partial charge in [0.1, 0.15) is 5.76 Å². The Balaban J connectivity index is 1.58. The molecular formula is C13H21NOS. The topological polar surface area (TPSA) is 25.2 Å². The normalized spacial score (nSPS) is 22.4. The summed E-state index contributed by atoms with van der Waals surface area (Å²) in [5.41, 5.74) is 0. The van der Waals surface area contributed by atoms with E-state index < -0.39 is 0 Å². The molecule has 3 heteroatoms. The highest BCUT2D eigenvalue weighted by Crippen LogP contribution is 2.22. The molecule has 2 heterocycles. The molecule has 0 radical (unpaired) electrons. The third kappa shape index (κ3) is 3.87. The summed E-state index contributed by atoms with van der Waals surface area (Å²) >= 11 is 2.09. The van der Waals surface area contributed by atoms with Gasteiger partial charge in [-0.15, -0.1) is 0 Å². The molecule has 1 N–H and O–H groups in total. The van der Waals surface area contributed by atoms with Crippen LogP contribution < -0.4 is 5.32 Å². The summed E-state index contributed by atoms with van der Waals surface area (Å²) in [6.45, 7) is 3.46. The molecule has 16 heavy (non-hydrogen) atoms. The zero-order chi connectivity index (χ0) is 11.2. The average Bonchev–Trinajstić information content (AvgIpc) is 2.96. The van der Waals surface area contributed by atoms with E-state index in [9.17, 15) is 0 Å². The van der Waals surface area contributed by atoms with E-state index in [4.69, 9.17) is 4.42 Å². The van der Waals surface area contributed by atoms with Crippen molar-refractivity contribution < 1.29 is 4.42 Å². The van der Waals surface area contributed by atoms with Gasteiger partial charge in [-0.25, -0.2) is 0 Å². The van der Waals surface area contributed by atoms with Crippen LogP contribution >= 0.6 is 11.8 Å². The van der Waals surface area contributed by atoms with Gasteiger partial charge in [-0.3, -0.25) is 0 Å². The monoisotopic (exact) mass is 239 g/mol. The fourth-order valence-corrected chi connectivity index (χ4v) is 3.31. The van der Waals surface area contributed by atoms with Crippen LogP contribution in [0.3, 0.4) is 0 Å². The van der Waals surface area contributed by atoms with Crippen molar-refractivity contribution in [2.24, 2.45) is 5.92 Å². The van der Waals surface area contributed by atoms with Crippen LogP contribution in [0.15, 0.2) is 22.8 Å². The van der Waals surface area contributed by atoms with Crippen molar-refractivity contribution in [1.29, 1.82) is 0 Å². The second-order valence-corrected chi connectivity index (χ2v) is 5.81. The Morgan fingerprint density at radius 1 is 1.62 bits per heavy atom. The summed E-state index contributed by atoms with van der Waals surface area (Å²) in [6, 6.07) is 4.61. The van der Waals surface area contributed by atoms with Crippen molar-refractivity contribution in [3.63, 3.8) is 0 Å². The van der Waals surface area contributed by atoms with E-state index in [1.54, 1.807) is 6.26 Å². The molecule has 0 spiro atoms. The lowest BCUT2D eigenvalue weighted by atomic mass is 10.1. The zero-order valence-corrected chi connectivity index (χ0v) is 10.8. The van der Waals surface area contributed by atoms with Gasteiger partial charge in [0, 0.05) is 12.5 Å². The van der Waals surface area contributed by atoms with E-state index in [0.717, 1.165) is 24.5 Å². The Bertz CT molecular complexity index is 280. The van der Waals surface area contributed by atoms with E-state index in [2.05, 4.69) is 30.1 Å². The molecule has 2 rings (SSSR count). The van der Waals surface area contributed by atoms with Gasteiger partial charge in [0.05, 0.1) is 6.26 Å². The smallest absolute Gasteiger partial charge is 0.103 e. The molecule has 90 valence electrons. The Kier molecular flexibility index (Phi) is 4.79. The van der Waals surface area contributed by atoms with Gasteiger partial charge in [0.25, 0.3) is 0 Å². The zero-order valence-electron chi connectivity index (χ0n) is 9.95. The maximum Gasteiger partial charge on any atom is 0.103 e. The van der Waals surface area contributed by atoms with Crippen LogP contribution in [0.1, 0.15) is 25.5 Å². The predicted octanol–water partition coefficient (Wildman–Crippen LogP) is 2.94. The molecule has 2 atom stereocenters. The number of furan rings is 1. The van der Waals surface area contributed by atoms with Crippen molar-refractivity contribution in [3.8, 4) is 0 Å². The van der Waals surface area contributed by atoms with Gasteiger partial charge in [-0.2, -0.15) is 11.8 Å². The molecule has 1 aliphatic heterocycles. The van der Waals surface area contributed by atoms with Crippen molar-refractivity contribution >= 4 is 11.8 Å². The van der Waals surface area contributed by atoms with E-state index >= 15 is 0 Å². The van der Waals surface area contributed by atoms with Crippen LogP contribution in [-0.4, -0.2) is 24.1 Å². The van der Waals surface area contributed by atoms with Crippen molar-refractivity contribution in [2.75, 3.05) is 18.1 Å². The van der Waals surface area contributed by atoms with Crippen LogP contribution in [0.25, 0.3) is 0 Å². The number of hydrogen-bond acceptors (Lipinski definition) is 3. The number of rotatable bonds is 6. The largest absolute Gasteiger partial charge is 0.469 e.